The number of hydrogen-bond donors (Lipinski definition) is 1. The van der Waals surface area contributed by atoms with Gasteiger partial charge in [0.25, 0.3) is 5.69 Å². The number of nitro benzene ring substituents is 1. The molecule has 0 aliphatic rings. The molecule has 1 rings (SSSR count). The van der Waals surface area contributed by atoms with Crippen LogP contribution in [-0.4, -0.2) is 17.6 Å². The molecule has 0 aliphatic heterocycles. The molecule has 6 nitrogen and oxygen atoms in total. The van der Waals surface area contributed by atoms with Crippen LogP contribution < -0.4 is 5.73 Å². The maximum Gasteiger partial charge on any atom is 0.404 e. The molecule has 1 amide bonds. The average Bonchev–Trinajstić information content (AvgIpc) is 2.28. The van der Waals surface area contributed by atoms with Gasteiger partial charge in [0.15, 0.2) is 0 Å². The van der Waals surface area contributed by atoms with Gasteiger partial charge in [-0.3, -0.25) is 10.1 Å². The third kappa shape index (κ3) is 4.78. The normalized spacial score (nSPS) is 10.4. The van der Waals surface area contributed by atoms with Crippen LogP contribution in [0.5, 0.6) is 0 Å². The van der Waals surface area contributed by atoms with Crippen LogP contribution >= 0.6 is 0 Å². The summed E-state index contributed by atoms with van der Waals surface area (Å²) in [5.41, 5.74) is 5.54. The van der Waals surface area contributed by atoms with Crippen LogP contribution in [0.2, 0.25) is 0 Å². The van der Waals surface area contributed by atoms with E-state index < -0.39 is 11.0 Å². The highest BCUT2D eigenvalue weighted by Gasteiger charge is 2.03. The van der Waals surface area contributed by atoms with Crippen LogP contribution in [0.1, 0.15) is 12.0 Å². The first-order valence-corrected chi connectivity index (χ1v) is 4.93. The van der Waals surface area contributed by atoms with Crippen LogP contribution in [0.4, 0.5) is 10.5 Å². The summed E-state index contributed by atoms with van der Waals surface area (Å²) in [6, 6.07) is 6.25. The van der Waals surface area contributed by atoms with E-state index in [9.17, 15) is 14.9 Å². The minimum absolute atomic E-state index is 0.0422. The molecule has 0 spiro atoms. The number of primary amides is 1. The number of carbonyl (C=O) groups is 1. The van der Waals surface area contributed by atoms with Crippen LogP contribution in [0.25, 0.3) is 6.08 Å². The van der Waals surface area contributed by atoms with Gasteiger partial charge in [0.1, 0.15) is 0 Å². The van der Waals surface area contributed by atoms with E-state index in [1.165, 1.54) is 12.1 Å². The minimum Gasteiger partial charge on any atom is -0.449 e. The third-order valence-corrected chi connectivity index (χ3v) is 1.92. The smallest absolute Gasteiger partial charge is 0.404 e. The van der Waals surface area contributed by atoms with Crippen LogP contribution in [0.15, 0.2) is 30.3 Å². The Hall–Kier alpha value is -2.37. The summed E-state index contributed by atoms with van der Waals surface area (Å²) in [7, 11) is 0. The lowest BCUT2D eigenvalue weighted by Crippen LogP contribution is -2.13. The van der Waals surface area contributed by atoms with Crippen LogP contribution in [0.3, 0.4) is 0 Å². The fraction of sp³-hybridized carbons (Fsp3) is 0.182. The number of ether oxygens (including phenoxy) is 1. The number of nitrogens with zero attached hydrogens (tertiary/aromatic N) is 1. The summed E-state index contributed by atoms with van der Waals surface area (Å²) < 4.78 is 4.52. The van der Waals surface area contributed by atoms with E-state index in [0.717, 1.165) is 5.56 Å². The van der Waals surface area contributed by atoms with Crippen molar-refractivity contribution < 1.29 is 14.5 Å². The van der Waals surface area contributed by atoms with Gasteiger partial charge in [0.05, 0.1) is 11.5 Å². The van der Waals surface area contributed by atoms with E-state index >= 15 is 0 Å². The monoisotopic (exact) mass is 236 g/mol. The van der Waals surface area contributed by atoms with Gasteiger partial charge in [-0.25, -0.2) is 4.79 Å². The number of hydrogen-bond acceptors (Lipinski definition) is 4. The Kier molecular flexibility index (Phi) is 4.68. The fourth-order valence-corrected chi connectivity index (χ4v) is 1.19. The summed E-state index contributed by atoms with van der Waals surface area (Å²) in [4.78, 5) is 20.3. The van der Waals surface area contributed by atoms with E-state index in [1.807, 2.05) is 0 Å². The highest BCUT2D eigenvalue weighted by atomic mass is 16.6. The molecule has 1 aromatic rings. The van der Waals surface area contributed by atoms with Gasteiger partial charge in [-0.05, 0) is 12.0 Å². The molecule has 0 unspecified atom stereocenters. The number of benzene rings is 1. The molecule has 0 bridgehead atoms. The van der Waals surface area contributed by atoms with Crippen molar-refractivity contribution >= 4 is 17.9 Å². The average molecular weight is 236 g/mol. The van der Waals surface area contributed by atoms with E-state index in [-0.39, 0.29) is 12.3 Å². The molecular formula is C11H12N2O4. The fourth-order valence-electron chi connectivity index (χ4n) is 1.19. The van der Waals surface area contributed by atoms with Gasteiger partial charge < -0.3 is 10.5 Å². The van der Waals surface area contributed by atoms with Crippen LogP contribution in [-0.2, 0) is 4.74 Å². The van der Waals surface area contributed by atoms with Gasteiger partial charge in [-0.2, -0.15) is 0 Å². The Morgan fingerprint density at radius 3 is 2.94 bits per heavy atom. The van der Waals surface area contributed by atoms with Gasteiger partial charge >= 0.3 is 6.09 Å². The first kappa shape index (κ1) is 12.7. The van der Waals surface area contributed by atoms with Gasteiger partial charge in [0, 0.05) is 12.1 Å². The van der Waals surface area contributed by atoms with Crippen molar-refractivity contribution in [1.82, 2.24) is 0 Å². The van der Waals surface area contributed by atoms with E-state index in [1.54, 1.807) is 24.3 Å². The maximum atomic E-state index is 10.5. The van der Waals surface area contributed by atoms with Crippen LogP contribution in [0, 0.1) is 10.1 Å². The molecule has 0 heterocycles. The highest BCUT2D eigenvalue weighted by Crippen LogP contribution is 2.14. The molecule has 17 heavy (non-hydrogen) atoms. The van der Waals surface area contributed by atoms with E-state index in [4.69, 9.17) is 5.73 Å². The zero-order valence-corrected chi connectivity index (χ0v) is 9.04. The standard InChI is InChI=1S/C11H12N2O4/c12-11(14)17-7-2-1-4-9-5-3-6-10(8-9)13(15)16/h1,3-6,8H,2,7H2,(H2,12,14). The van der Waals surface area contributed by atoms with Crippen molar-refractivity contribution in [3.8, 4) is 0 Å². The number of rotatable bonds is 5. The molecule has 2 N–H and O–H groups in total. The quantitative estimate of drug-likeness (QED) is 0.481. The lowest BCUT2D eigenvalue weighted by Gasteiger charge is -1.97. The second kappa shape index (κ2) is 6.26. The maximum absolute atomic E-state index is 10.5. The molecule has 6 heteroatoms. The molecule has 90 valence electrons. The van der Waals surface area contributed by atoms with Crippen molar-refractivity contribution in [2.75, 3.05) is 6.61 Å². The summed E-state index contributed by atoms with van der Waals surface area (Å²) >= 11 is 0. The predicted octanol–water partition coefficient (Wildman–Crippen LogP) is 2.09. The molecule has 0 fully saturated rings. The first-order chi connectivity index (χ1) is 8.09. The zero-order chi connectivity index (χ0) is 12.7. The molecule has 0 radical (unpaired) electrons. The second-order valence-electron chi connectivity index (χ2n) is 3.21. The highest BCUT2D eigenvalue weighted by molar-refractivity contribution is 5.64. The predicted molar refractivity (Wildman–Crippen MR) is 62.3 cm³/mol. The van der Waals surface area contributed by atoms with Crippen molar-refractivity contribution in [3.63, 3.8) is 0 Å². The Morgan fingerprint density at radius 1 is 1.53 bits per heavy atom. The third-order valence-electron chi connectivity index (χ3n) is 1.92. The summed E-state index contributed by atoms with van der Waals surface area (Å²) in [5, 5.41) is 10.5. The first-order valence-electron chi connectivity index (χ1n) is 4.93. The van der Waals surface area contributed by atoms with Crippen molar-refractivity contribution in [1.29, 1.82) is 0 Å². The van der Waals surface area contributed by atoms with Crippen molar-refractivity contribution in [2.24, 2.45) is 5.73 Å². The Balaban J connectivity index is 2.50. The molecule has 0 aliphatic carbocycles. The number of nitrogens with two attached hydrogens (primary N) is 1. The van der Waals surface area contributed by atoms with Gasteiger partial charge in [-0.1, -0.05) is 24.3 Å². The number of carbonyl (C=O) groups excluding carboxylic acids is 1. The van der Waals surface area contributed by atoms with E-state index in [2.05, 4.69) is 4.74 Å². The summed E-state index contributed by atoms with van der Waals surface area (Å²) in [6.45, 7) is 0.195. The Morgan fingerprint density at radius 2 is 2.29 bits per heavy atom. The molecule has 0 saturated carbocycles. The zero-order valence-electron chi connectivity index (χ0n) is 9.04. The molecule has 0 saturated heterocycles. The number of amides is 1. The SMILES string of the molecule is NC(=O)OCCC=Cc1cccc([N+](=O)[O-])c1. The lowest BCUT2D eigenvalue weighted by molar-refractivity contribution is -0.384. The largest absolute Gasteiger partial charge is 0.449 e. The lowest BCUT2D eigenvalue weighted by atomic mass is 10.2. The van der Waals surface area contributed by atoms with Crippen molar-refractivity contribution in [2.45, 2.75) is 6.42 Å². The summed E-state index contributed by atoms with van der Waals surface area (Å²) in [6.07, 6.45) is 3.17. The summed E-state index contributed by atoms with van der Waals surface area (Å²) in [5.74, 6) is 0. The molecular weight excluding hydrogens is 224 g/mol. The second-order valence-corrected chi connectivity index (χ2v) is 3.21. The molecule has 1 aromatic carbocycles. The van der Waals surface area contributed by atoms with E-state index in [0.29, 0.717) is 6.42 Å². The minimum atomic E-state index is -0.811. The topological polar surface area (TPSA) is 95.5 Å². The molecule has 0 atom stereocenters. The Bertz CT molecular complexity index is 443. The Labute approximate surface area is 97.8 Å². The van der Waals surface area contributed by atoms with Gasteiger partial charge in [-0.15, -0.1) is 0 Å². The van der Waals surface area contributed by atoms with Gasteiger partial charge in [0.2, 0.25) is 0 Å². The number of nitro groups is 1. The molecule has 0 aromatic heterocycles. The number of non-ortho nitro benzene ring substituents is 1. The van der Waals surface area contributed by atoms with Crippen molar-refractivity contribution in [3.05, 3.63) is 46.0 Å².